The van der Waals surface area contributed by atoms with Gasteiger partial charge in [-0.3, -0.25) is 9.78 Å². The summed E-state index contributed by atoms with van der Waals surface area (Å²) >= 11 is 0. The molecule has 1 aromatic carbocycles. The molecule has 0 bridgehead atoms. The first kappa shape index (κ1) is 13.3. The van der Waals surface area contributed by atoms with Crippen molar-refractivity contribution in [3.8, 4) is 0 Å². The molecule has 0 spiro atoms. The Morgan fingerprint density at radius 1 is 1.16 bits per heavy atom. The topological polar surface area (TPSA) is 30.0 Å². The highest BCUT2D eigenvalue weighted by atomic mass is 19.2. The molecule has 0 aliphatic rings. The van der Waals surface area contributed by atoms with Gasteiger partial charge >= 0.3 is 0 Å². The second-order valence-corrected chi connectivity index (χ2v) is 4.09. The van der Waals surface area contributed by atoms with Gasteiger partial charge in [0.05, 0.1) is 11.6 Å². The molecule has 0 fully saturated rings. The van der Waals surface area contributed by atoms with Crippen molar-refractivity contribution >= 4 is 5.78 Å². The van der Waals surface area contributed by atoms with Crippen molar-refractivity contribution in [1.29, 1.82) is 0 Å². The lowest BCUT2D eigenvalue weighted by molar-refractivity contribution is 0.0963. The van der Waals surface area contributed by atoms with Crippen LogP contribution in [0.5, 0.6) is 0 Å². The van der Waals surface area contributed by atoms with Crippen molar-refractivity contribution in [2.75, 3.05) is 0 Å². The Morgan fingerprint density at radius 2 is 1.79 bits per heavy atom. The Kier molecular flexibility index (Phi) is 3.64. The number of nitrogens with zero attached hydrogens (tertiary/aromatic N) is 1. The summed E-state index contributed by atoms with van der Waals surface area (Å²) in [6, 6.07) is 6.43. The molecule has 19 heavy (non-hydrogen) atoms. The summed E-state index contributed by atoms with van der Waals surface area (Å²) in [5.41, 5.74) is 0.271. The van der Waals surface area contributed by atoms with E-state index in [2.05, 4.69) is 4.98 Å². The maximum Gasteiger partial charge on any atom is 0.194 e. The number of rotatable bonds is 3. The molecule has 2 aromatic rings. The third-order valence-corrected chi connectivity index (χ3v) is 2.79. The van der Waals surface area contributed by atoms with Crippen molar-refractivity contribution in [2.24, 2.45) is 0 Å². The SMILES string of the molecule is CC(C(=O)c1cc(F)c(F)c(F)c1)c1ccccn1. The van der Waals surface area contributed by atoms with Gasteiger partial charge in [-0.2, -0.15) is 0 Å². The standard InChI is InChI=1S/C14H10F3NO/c1-8(12-4-2-3-5-18-12)14(19)9-6-10(15)13(17)11(16)7-9/h2-8H,1H3. The van der Waals surface area contributed by atoms with Crippen LogP contribution in [0.3, 0.4) is 0 Å². The zero-order valence-electron chi connectivity index (χ0n) is 10.0. The normalized spacial score (nSPS) is 12.2. The van der Waals surface area contributed by atoms with E-state index >= 15 is 0 Å². The number of carbonyl (C=O) groups is 1. The number of hydrogen-bond acceptors (Lipinski definition) is 2. The fraction of sp³-hybridized carbons (Fsp3) is 0.143. The van der Waals surface area contributed by atoms with Gasteiger partial charge in [0.15, 0.2) is 23.2 Å². The number of hydrogen-bond donors (Lipinski definition) is 0. The second-order valence-electron chi connectivity index (χ2n) is 4.09. The molecule has 0 aliphatic heterocycles. The van der Waals surface area contributed by atoms with E-state index in [4.69, 9.17) is 0 Å². The number of halogens is 3. The summed E-state index contributed by atoms with van der Waals surface area (Å²) in [4.78, 5) is 16.1. The maximum atomic E-state index is 13.1. The second kappa shape index (κ2) is 5.22. The van der Waals surface area contributed by atoms with Crippen molar-refractivity contribution in [2.45, 2.75) is 12.8 Å². The van der Waals surface area contributed by atoms with E-state index in [0.29, 0.717) is 17.8 Å². The summed E-state index contributed by atoms with van der Waals surface area (Å²) in [6.45, 7) is 1.57. The van der Waals surface area contributed by atoms with Crippen LogP contribution < -0.4 is 0 Å². The van der Waals surface area contributed by atoms with E-state index in [1.165, 1.54) is 6.20 Å². The number of aromatic nitrogens is 1. The number of carbonyl (C=O) groups excluding carboxylic acids is 1. The minimum absolute atomic E-state index is 0.213. The average Bonchev–Trinajstić information content (AvgIpc) is 2.43. The minimum Gasteiger partial charge on any atom is -0.293 e. The van der Waals surface area contributed by atoms with Crippen molar-refractivity contribution in [3.05, 3.63) is 65.2 Å². The number of pyridine rings is 1. The summed E-state index contributed by atoms with van der Waals surface area (Å²) in [7, 11) is 0. The van der Waals surface area contributed by atoms with Crippen LogP contribution in [0.2, 0.25) is 0 Å². The molecule has 2 rings (SSSR count). The molecule has 2 nitrogen and oxygen atoms in total. The molecule has 0 N–H and O–H groups in total. The molecule has 0 saturated carbocycles. The average molecular weight is 265 g/mol. The Labute approximate surface area is 107 Å². The molecular weight excluding hydrogens is 255 g/mol. The molecule has 1 aromatic heterocycles. The van der Waals surface area contributed by atoms with Gasteiger partial charge in [0.1, 0.15) is 0 Å². The van der Waals surface area contributed by atoms with Gasteiger partial charge in [-0.15, -0.1) is 0 Å². The van der Waals surface area contributed by atoms with Crippen LogP contribution in [0.15, 0.2) is 36.5 Å². The van der Waals surface area contributed by atoms with E-state index in [9.17, 15) is 18.0 Å². The summed E-state index contributed by atoms with van der Waals surface area (Å²) in [6.07, 6.45) is 1.52. The van der Waals surface area contributed by atoms with Gasteiger partial charge in [-0.05, 0) is 31.2 Å². The number of benzene rings is 1. The van der Waals surface area contributed by atoms with E-state index in [1.54, 1.807) is 25.1 Å². The minimum atomic E-state index is -1.58. The molecule has 0 radical (unpaired) electrons. The molecule has 5 heteroatoms. The summed E-state index contributed by atoms with van der Waals surface area (Å²) < 4.78 is 39.0. The molecule has 0 amide bonds. The zero-order chi connectivity index (χ0) is 14.0. The van der Waals surface area contributed by atoms with Crippen LogP contribution in [-0.4, -0.2) is 10.8 Å². The smallest absolute Gasteiger partial charge is 0.194 e. The monoisotopic (exact) mass is 265 g/mol. The van der Waals surface area contributed by atoms with Crippen LogP contribution in [0, 0.1) is 17.5 Å². The van der Waals surface area contributed by atoms with E-state index in [0.717, 1.165) is 0 Å². The molecule has 0 saturated heterocycles. The fourth-order valence-electron chi connectivity index (χ4n) is 1.71. The first-order chi connectivity index (χ1) is 9.00. The molecule has 98 valence electrons. The largest absolute Gasteiger partial charge is 0.293 e. The van der Waals surface area contributed by atoms with Gasteiger partial charge in [-0.1, -0.05) is 6.07 Å². The van der Waals surface area contributed by atoms with Crippen LogP contribution >= 0.6 is 0 Å². The fourth-order valence-corrected chi connectivity index (χ4v) is 1.71. The highest BCUT2D eigenvalue weighted by molar-refractivity contribution is 6.00. The Hall–Kier alpha value is -2.17. The van der Waals surface area contributed by atoms with Gasteiger partial charge in [0, 0.05) is 11.8 Å². The third kappa shape index (κ3) is 2.65. The molecular formula is C14H10F3NO. The Morgan fingerprint density at radius 3 is 2.32 bits per heavy atom. The van der Waals surface area contributed by atoms with Crippen LogP contribution in [0.25, 0.3) is 0 Å². The lowest BCUT2D eigenvalue weighted by atomic mass is 9.96. The quantitative estimate of drug-likeness (QED) is 0.628. The van der Waals surface area contributed by atoms with Gasteiger partial charge < -0.3 is 0 Å². The van der Waals surface area contributed by atoms with Crippen molar-refractivity contribution < 1.29 is 18.0 Å². The Balaban J connectivity index is 2.35. The first-order valence-corrected chi connectivity index (χ1v) is 5.60. The van der Waals surface area contributed by atoms with Crippen LogP contribution in [0.1, 0.15) is 28.9 Å². The lowest BCUT2D eigenvalue weighted by Crippen LogP contribution is -2.12. The molecule has 1 unspecified atom stereocenters. The van der Waals surface area contributed by atoms with E-state index in [1.807, 2.05) is 0 Å². The van der Waals surface area contributed by atoms with Crippen molar-refractivity contribution in [1.82, 2.24) is 4.98 Å². The highest BCUT2D eigenvalue weighted by Crippen LogP contribution is 2.21. The van der Waals surface area contributed by atoms with Crippen LogP contribution in [0.4, 0.5) is 13.2 Å². The van der Waals surface area contributed by atoms with E-state index < -0.39 is 29.2 Å². The molecule has 1 atom stereocenters. The number of Topliss-reactive ketones (excluding diaryl/α,β-unsaturated/α-hetero) is 1. The van der Waals surface area contributed by atoms with Gasteiger partial charge in [-0.25, -0.2) is 13.2 Å². The predicted octanol–water partition coefficient (Wildman–Crippen LogP) is 3.49. The van der Waals surface area contributed by atoms with Gasteiger partial charge in [0.2, 0.25) is 0 Å². The highest BCUT2D eigenvalue weighted by Gasteiger charge is 2.21. The predicted molar refractivity (Wildman–Crippen MR) is 63.3 cm³/mol. The molecule has 0 aliphatic carbocycles. The van der Waals surface area contributed by atoms with Crippen LogP contribution in [-0.2, 0) is 0 Å². The van der Waals surface area contributed by atoms with Crippen molar-refractivity contribution in [3.63, 3.8) is 0 Å². The zero-order valence-corrected chi connectivity index (χ0v) is 10.0. The lowest BCUT2D eigenvalue weighted by Gasteiger charge is -2.10. The van der Waals surface area contributed by atoms with Gasteiger partial charge in [0.25, 0.3) is 0 Å². The Bertz CT molecular complexity index is 590. The first-order valence-electron chi connectivity index (χ1n) is 5.60. The summed E-state index contributed by atoms with van der Waals surface area (Å²) in [5, 5.41) is 0. The van der Waals surface area contributed by atoms with E-state index in [-0.39, 0.29) is 5.56 Å². The third-order valence-electron chi connectivity index (χ3n) is 2.79. The molecule has 1 heterocycles. The number of ketones is 1. The maximum absolute atomic E-state index is 13.1. The summed E-state index contributed by atoms with van der Waals surface area (Å²) in [5.74, 6) is -5.52.